The molecule has 0 aliphatic carbocycles. The predicted molar refractivity (Wildman–Crippen MR) is 103 cm³/mol. The monoisotopic (exact) mass is 389 g/mol. The van der Waals surface area contributed by atoms with Gasteiger partial charge < -0.3 is 15.0 Å². The van der Waals surface area contributed by atoms with Gasteiger partial charge >= 0.3 is 0 Å². The summed E-state index contributed by atoms with van der Waals surface area (Å²) < 4.78 is 5.05. The molecule has 1 N–H and O–H groups in total. The van der Waals surface area contributed by atoms with E-state index in [9.17, 15) is 19.7 Å². The van der Waals surface area contributed by atoms with Gasteiger partial charge in [0.2, 0.25) is 11.8 Å². The average molecular weight is 389 g/mol. The standard InChI is InChI=1S/C18H19N3O5S/c1-20(11-17(22)19-13-7-9-14(26-2)10-8-13)18(23)12-27-16-6-4-3-5-15(16)21(24)25/h3-10H,11-12H2,1-2H3,(H,19,22). The van der Waals surface area contributed by atoms with E-state index in [4.69, 9.17) is 4.74 Å². The van der Waals surface area contributed by atoms with Gasteiger partial charge in [-0.05, 0) is 30.3 Å². The number of benzene rings is 2. The zero-order valence-electron chi connectivity index (χ0n) is 14.9. The summed E-state index contributed by atoms with van der Waals surface area (Å²) >= 11 is 1.07. The summed E-state index contributed by atoms with van der Waals surface area (Å²) in [6, 6.07) is 13.0. The number of nitrogens with zero attached hydrogens (tertiary/aromatic N) is 2. The number of para-hydroxylation sites is 1. The zero-order chi connectivity index (χ0) is 19.8. The number of likely N-dealkylation sites (N-methyl/N-ethyl adjacent to an activating group) is 1. The summed E-state index contributed by atoms with van der Waals surface area (Å²) in [5.74, 6) is 0.0269. The molecule has 27 heavy (non-hydrogen) atoms. The van der Waals surface area contributed by atoms with Crippen molar-refractivity contribution in [2.75, 3.05) is 31.8 Å². The highest BCUT2D eigenvalue weighted by molar-refractivity contribution is 8.00. The van der Waals surface area contributed by atoms with Crippen molar-refractivity contribution in [3.63, 3.8) is 0 Å². The zero-order valence-corrected chi connectivity index (χ0v) is 15.7. The summed E-state index contributed by atoms with van der Waals surface area (Å²) in [6.45, 7) is -0.123. The molecule has 0 radical (unpaired) electrons. The van der Waals surface area contributed by atoms with Gasteiger partial charge in [-0.2, -0.15) is 0 Å². The second-order valence-corrected chi connectivity index (χ2v) is 6.56. The molecule has 0 saturated carbocycles. The van der Waals surface area contributed by atoms with Crippen molar-refractivity contribution in [1.82, 2.24) is 4.90 Å². The van der Waals surface area contributed by atoms with E-state index < -0.39 is 4.92 Å². The molecule has 0 unspecified atom stereocenters. The topological polar surface area (TPSA) is 102 Å². The van der Waals surface area contributed by atoms with Crippen molar-refractivity contribution in [2.45, 2.75) is 4.90 Å². The van der Waals surface area contributed by atoms with Crippen LogP contribution < -0.4 is 10.1 Å². The molecule has 8 nitrogen and oxygen atoms in total. The van der Waals surface area contributed by atoms with Crippen LogP contribution in [-0.4, -0.2) is 48.1 Å². The van der Waals surface area contributed by atoms with Gasteiger partial charge in [0.05, 0.1) is 29.2 Å². The number of anilines is 1. The van der Waals surface area contributed by atoms with E-state index in [-0.39, 0.29) is 29.8 Å². The highest BCUT2D eigenvalue weighted by Gasteiger charge is 2.17. The van der Waals surface area contributed by atoms with E-state index in [1.807, 2.05) is 0 Å². The number of methoxy groups -OCH3 is 1. The van der Waals surface area contributed by atoms with Crippen molar-refractivity contribution in [1.29, 1.82) is 0 Å². The summed E-state index contributed by atoms with van der Waals surface area (Å²) in [5, 5.41) is 13.7. The lowest BCUT2D eigenvalue weighted by atomic mass is 10.3. The van der Waals surface area contributed by atoms with E-state index in [1.165, 1.54) is 18.0 Å². The minimum Gasteiger partial charge on any atom is -0.497 e. The van der Waals surface area contributed by atoms with Crippen LogP contribution in [0.5, 0.6) is 5.75 Å². The molecule has 0 bridgehead atoms. The second kappa shape index (κ2) is 9.58. The van der Waals surface area contributed by atoms with Gasteiger partial charge in [-0.15, -0.1) is 11.8 Å². The smallest absolute Gasteiger partial charge is 0.282 e. The minimum absolute atomic E-state index is 0.00281. The van der Waals surface area contributed by atoms with E-state index in [1.54, 1.807) is 49.6 Å². The number of hydrogen-bond donors (Lipinski definition) is 1. The SMILES string of the molecule is COc1ccc(NC(=O)CN(C)C(=O)CSc2ccccc2[N+](=O)[O-])cc1. The van der Waals surface area contributed by atoms with Crippen molar-refractivity contribution < 1.29 is 19.2 Å². The third-order valence-corrected chi connectivity index (χ3v) is 4.64. The van der Waals surface area contributed by atoms with Gasteiger partial charge in [-0.25, -0.2) is 0 Å². The molecule has 0 heterocycles. The van der Waals surface area contributed by atoms with E-state index in [0.29, 0.717) is 16.3 Å². The Hall–Kier alpha value is -3.07. The Labute approximate surface area is 160 Å². The summed E-state index contributed by atoms with van der Waals surface area (Å²) in [7, 11) is 3.06. The molecule has 0 spiro atoms. The minimum atomic E-state index is -0.487. The maximum Gasteiger partial charge on any atom is 0.282 e. The molecule has 0 aliphatic rings. The molecule has 2 rings (SSSR count). The van der Waals surface area contributed by atoms with Crippen LogP contribution in [0, 0.1) is 10.1 Å². The summed E-state index contributed by atoms with van der Waals surface area (Å²) in [5.41, 5.74) is 0.547. The van der Waals surface area contributed by atoms with Crippen molar-refractivity contribution in [2.24, 2.45) is 0 Å². The molecule has 0 fully saturated rings. The van der Waals surface area contributed by atoms with Crippen molar-refractivity contribution >= 4 is 35.0 Å². The Morgan fingerprint density at radius 1 is 1.19 bits per heavy atom. The third-order valence-electron chi connectivity index (χ3n) is 3.59. The quantitative estimate of drug-likeness (QED) is 0.423. The highest BCUT2D eigenvalue weighted by atomic mass is 32.2. The Morgan fingerprint density at radius 3 is 2.48 bits per heavy atom. The number of hydrogen-bond acceptors (Lipinski definition) is 6. The van der Waals surface area contributed by atoms with Crippen molar-refractivity contribution in [3.8, 4) is 5.75 Å². The molecule has 0 aromatic heterocycles. The van der Waals surface area contributed by atoms with Gasteiger partial charge in [0.15, 0.2) is 0 Å². The van der Waals surface area contributed by atoms with E-state index >= 15 is 0 Å². The summed E-state index contributed by atoms with van der Waals surface area (Å²) in [6.07, 6.45) is 0. The molecule has 0 atom stereocenters. The van der Waals surface area contributed by atoms with Gasteiger partial charge in [0.1, 0.15) is 5.75 Å². The number of rotatable bonds is 8. The number of nitrogens with one attached hydrogen (secondary N) is 1. The molecule has 2 amide bonds. The van der Waals surface area contributed by atoms with Crippen LogP contribution in [0.15, 0.2) is 53.4 Å². The number of nitro benzene ring substituents is 1. The van der Waals surface area contributed by atoms with Crippen LogP contribution in [0.25, 0.3) is 0 Å². The molecular weight excluding hydrogens is 370 g/mol. The summed E-state index contributed by atoms with van der Waals surface area (Å²) in [4.78, 5) is 36.5. The second-order valence-electron chi connectivity index (χ2n) is 5.54. The molecule has 9 heteroatoms. The van der Waals surface area contributed by atoms with Crippen LogP contribution in [-0.2, 0) is 9.59 Å². The number of amides is 2. The Kier molecular flexibility index (Phi) is 7.18. The molecule has 0 aliphatic heterocycles. The number of carbonyl (C=O) groups excluding carboxylic acids is 2. The lowest BCUT2D eigenvalue weighted by molar-refractivity contribution is -0.387. The van der Waals surface area contributed by atoms with E-state index in [2.05, 4.69) is 5.32 Å². The average Bonchev–Trinajstić information content (AvgIpc) is 2.66. The van der Waals surface area contributed by atoms with Crippen LogP contribution in [0.4, 0.5) is 11.4 Å². The number of carbonyl (C=O) groups is 2. The lowest BCUT2D eigenvalue weighted by Gasteiger charge is -2.16. The number of nitro groups is 1. The van der Waals surface area contributed by atoms with Gasteiger partial charge in [-0.3, -0.25) is 19.7 Å². The highest BCUT2D eigenvalue weighted by Crippen LogP contribution is 2.28. The van der Waals surface area contributed by atoms with Crippen LogP contribution in [0.1, 0.15) is 0 Å². The van der Waals surface area contributed by atoms with Crippen LogP contribution >= 0.6 is 11.8 Å². The largest absolute Gasteiger partial charge is 0.497 e. The first kappa shape index (κ1) is 20.2. The normalized spacial score (nSPS) is 10.1. The van der Waals surface area contributed by atoms with Crippen LogP contribution in [0.2, 0.25) is 0 Å². The van der Waals surface area contributed by atoms with Gasteiger partial charge in [0, 0.05) is 18.8 Å². The Balaban J connectivity index is 1.86. The first-order chi connectivity index (χ1) is 12.9. The first-order valence-corrected chi connectivity index (χ1v) is 8.93. The molecule has 2 aromatic rings. The van der Waals surface area contributed by atoms with E-state index in [0.717, 1.165) is 11.8 Å². The van der Waals surface area contributed by atoms with Gasteiger partial charge in [-0.1, -0.05) is 12.1 Å². The molecule has 0 saturated heterocycles. The number of thioether (sulfide) groups is 1. The Morgan fingerprint density at radius 2 is 1.85 bits per heavy atom. The molecule has 2 aromatic carbocycles. The van der Waals surface area contributed by atoms with Crippen molar-refractivity contribution in [3.05, 3.63) is 58.6 Å². The number of ether oxygens (including phenoxy) is 1. The molecule has 142 valence electrons. The fraction of sp³-hybridized carbons (Fsp3) is 0.222. The fourth-order valence-electron chi connectivity index (χ4n) is 2.16. The maximum atomic E-state index is 12.2. The van der Waals surface area contributed by atoms with Crippen LogP contribution in [0.3, 0.4) is 0 Å². The third kappa shape index (κ3) is 6.00. The Bertz CT molecular complexity index is 826. The first-order valence-electron chi connectivity index (χ1n) is 7.95. The maximum absolute atomic E-state index is 12.2. The molecular formula is C18H19N3O5S. The lowest BCUT2D eigenvalue weighted by Crippen LogP contribution is -2.35. The predicted octanol–water partition coefficient (Wildman–Crippen LogP) is 2.79. The fourth-order valence-corrected chi connectivity index (χ4v) is 3.12. The van der Waals surface area contributed by atoms with Gasteiger partial charge in [0.25, 0.3) is 5.69 Å².